The monoisotopic (exact) mass is 541 g/mol. The molecule has 1 saturated heterocycles. The topological polar surface area (TPSA) is 159 Å². The summed E-state index contributed by atoms with van der Waals surface area (Å²) >= 11 is 0. The first kappa shape index (κ1) is 28.5. The second-order valence-corrected chi connectivity index (χ2v) is 10.6. The van der Waals surface area contributed by atoms with Gasteiger partial charge in [-0.3, -0.25) is 23.9 Å². The lowest BCUT2D eigenvalue weighted by atomic mass is 9.98. The van der Waals surface area contributed by atoms with Crippen LogP contribution < -0.4 is 15.8 Å². The molecule has 1 aromatic heterocycles. The van der Waals surface area contributed by atoms with Gasteiger partial charge >= 0.3 is 19.3 Å². The third-order valence-electron chi connectivity index (χ3n) is 5.34. The molecule has 6 atom stereocenters. The third-order valence-corrected chi connectivity index (χ3v) is 6.73. The van der Waals surface area contributed by atoms with Gasteiger partial charge in [0.1, 0.15) is 30.0 Å². The maximum Gasteiger partial charge on any atom is 0.421 e. The summed E-state index contributed by atoms with van der Waals surface area (Å²) in [5.41, 5.74) is -4.11. The number of aliphatic imine (C=N–C) groups is 1. The summed E-state index contributed by atoms with van der Waals surface area (Å²) in [5, 5.41) is 10.6. The number of nitrogens with zero attached hydrogens (tertiary/aromatic N) is 2. The standard InChI is InChI=1S/C23H29FN3O9P/c1-14(2)34-20(30)15(3)25-13-37(32,36-16-8-6-5-7-9-16)33-12-17-19(29)23(4,24)21(35-17)27-11-10-18(28)26-22(27)31/h5-11,13-15,17,19,21,29H,12H2,1-4H3,(H,26,28,31)/t15-,17+,19+,21+,23+,37-/m0/s1. The first-order chi connectivity index (χ1) is 17.3. The largest absolute Gasteiger partial charge is 0.461 e. The molecule has 2 aromatic rings. The number of aliphatic hydroxyl groups is 1. The molecule has 1 aliphatic heterocycles. The zero-order chi connectivity index (χ0) is 27.4. The first-order valence-electron chi connectivity index (χ1n) is 11.4. The van der Waals surface area contributed by atoms with E-state index in [4.69, 9.17) is 18.5 Å². The van der Waals surface area contributed by atoms with Crippen molar-refractivity contribution in [1.82, 2.24) is 9.55 Å². The van der Waals surface area contributed by atoms with Crippen molar-refractivity contribution in [2.45, 2.75) is 63.9 Å². The fourth-order valence-electron chi connectivity index (χ4n) is 3.42. The first-order valence-corrected chi connectivity index (χ1v) is 13.0. The predicted molar refractivity (Wildman–Crippen MR) is 131 cm³/mol. The van der Waals surface area contributed by atoms with Crippen molar-refractivity contribution >= 4 is 19.5 Å². The number of benzene rings is 1. The SMILES string of the molecule is CC(C)OC(=O)[C@H](C)N=C[P@](=O)(OC[C@H]1O[C@@H](n2ccc(=O)[nH]c2=O)[C@](C)(F)[C@@H]1O)Oc1ccccc1. The summed E-state index contributed by atoms with van der Waals surface area (Å²) in [4.78, 5) is 41.5. The van der Waals surface area contributed by atoms with Crippen LogP contribution in [0.1, 0.15) is 33.9 Å². The lowest BCUT2D eigenvalue weighted by molar-refractivity contribution is -0.148. The summed E-state index contributed by atoms with van der Waals surface area (Å²) in [6.07, 6.45) is -4.16. The highest BCUT2D eigenvalue weighted by Crippen LogP contribution is 2.48. The number of hydrogen-bond donors (Lipinski definition) is 2. The van der Waals surface area contributed by atoms with Crippen molar-refractivity contribution in [2.75, 3.05) is 6.61 Å². The van der Waals surface area contributed by atoms with Crippen molar-refractivity contribution in [3.8, 4) is 5.75 Å². The van der Waals surface area contributed by atoms with Crippen LogP contribution in [0.2, 0.25) is 0 Å². The highest BCUT2D eigenvalue weighted by Gasteiger charge is 2.55. The van der Waals surface area contributed by atoms with Crippen molar-refractivity contribution < 1.29 is 37.4 Å². The normalized spacial score (nSPS) is 26.2. The number of esters is 1. The average Bonchev–Trinajstić information content (AvgIpc) is 3.05. The zero-order valence-electron chi connectivity index (χ0n) is 20.6. The van der Waals surface area contributed by atoms with Gasteiger partial charge in [-0.05, 0) is 39.8 Å². The molecule has 202 valence electrons. The lowest BCUT2D eigenvalue weighted by Gasteiger charge is -2.24. The minimum Gasteiger partial charge on any atom is -0.461 e. The molecule has 37 heavy (non-hydrogen) atoms. The number of aromatic nitrogens is 2. The van der Waals surface area contributed by atoms with E-state index in [9.17, 15) is 24.1 Å². The maximum atomic E-state index is 15.4. The van der Waals surface area contributed by atoms with Gasteiger partial charge in [-0.25, -0.2) is 18.5 Å². The van der Waals surface area contributed by atoms with Crippen LogP contribution in [0.15, 0.2) is 57.2 Å². The van der Waals surface area contributed by atoms with E-state index < -0.39 is 61.6 Å². The number of ether oxygens (including phenoxy) is 2. The molecular formula is C23H29FN3O9P. The minimum absolute atomic E-state index is 0.163. The van der Waals surface area contributed by atoms with Crippen LogP contribution >= 0.6 is 7.60 Å². The molecule has 1 aromatic carbocycles. The quantitative estimate of drug-likeness (QED) is 0.261. The van der Waals surface area contributed by atoms with Gasteiger partial charge in [0.25, 0.3) is 5.56 Å². The molecule has 0 radical (unpaired) electrons. The lowest BCUT2D eigenvalue weighted by Crippen LogP contribution is -2.43. The molecule has 2 N–H and O–H groups in total. The van der Waals surface area contributed by atoms with E-state index in [1.807, 2.05) is 4.98 Å². The van der Waals surface area contributed by atoms with Gasteiger partial charge in [-0.1, -0.05) is 18.2 Å². The third kappa shape index (κ3) is 7.01. The van der Waals surface area contributed by atoms with Crippen molar-refractivity contribution in [1.29, 1.82) is 0 Å². The van der Waals surface area contributed by atoms with E-state index in [0.29, 0.717) is 0 Å². The van der Waals surface area contributed by atoms with Crippen molar-refractivity contribution in [2.24, 2.45) is 4.99 Å². The summed E-state index contributed by atoms with van der Waals surface area (Å²) in [7, 11) is -4.23. The molecule has 1 fully saturated rings. The number of aromatic amines is 1. The molecule has 2 heterocycles. The van der Waals surface area contributed by atoms with E-state index in [2.05, 4.69) is 4.99 Å². The van der Waals surface area contributed by atoms with Gasteiger partial charge in [0, 0.05) is 12.3 Å². The minimum atomic E-state index is -4.23. The Hall–Kier alpha value is -3.12. The Bertz CT molecular complexity index is 1280. The second-order valence-electron chi connectivity index (χ2n) is 8.81. The van der Waals surface area contributed by atoms with Gasteiger partial charge in [0.15, 0.2) is 11.9 Å². The number of halogens is 1. The molecule has 0 amide bonds. The Morgan fingerprint density at radius 2 is 1.97 bits per heavy atom. The Morgan fingerprint density at radius 3 is 2.59 bits per heavy atom. The molecule has 0 aliphatic carbocycles. The number of alkyl halides is 1. The van der Waals surface area contributed by atoms with E-state index in [1.54, 1.807) is 32.0 Å². The molecule has 1 aliphatic rings. The second kappa shape index (κ2) is 11.5. The highest BCUT2D eigenvalue weighted by atomic mass is 31.2. The molecule has 12 nitrogen and oxygen atoms in total. The van der Waals surface area contributed by atoms with E-state index in [0.717, 1.165) is 29.7 Å². The number of carbonyl (C=O) groups is 1. The van der Waals surface area contributed by atoms with Crippen LogP contribution in [-0.2, 0) is 23.4 Å². The van der Waals surface area contributed by atoms with Gasteiger partial charge in [0.05, 0.1) is 12.7 Å². The highest BCUT2D eigenvalue weighted by molar-refractivity contribution is 7.70. The molecule has 0 spiro atoms. The fourth-order valence-corrected chi connectivity index (χ4v) is 4.72. The number of rotatable bonds is 10. The molecule has 0 bridgehead atoms. The van der Waals surface area contributed by atoms with Crippen LogP contribution in [-0.4, -0.2) is 63.2 Å². The Labute approximate surface area is 211 Å². The Kier molecular flexibility index (Phi) is 8.85. The van der Waals surface area contributed by atoms with Crippen LogP contribution in [0.25, 0.3) is 0 Å². The molecule has 3 rings (SSSR count). The summed E-state index contributed by atoms with van der Waals surface area (Å²) < 4.78 is 51.3. The number of hydrogen-bond acceptors (Lipinski definition) is 10. The number of carbonyl (C=O) groups excluding carboxylic acids is 1. The van der Waals surface area contributed by atoms with Gasteiger partial charge in [-0.2, -0.15) is 0 Å². The smallest absolute Gasteiger partial charge is 0.421 e. The Morgan fingerprint density at radius 1 is 1.30 bits per heavy atom. The number of nitrogens with one attached hydrogen (secondary N) is 1. The molecule has 0 saturated carbocycles. The van der Waals surface area contributed by atoms with Gasteiger partial charge in [-0.15, -0.1) is 0 Å². The predicted octanol–water partition coefficient (Wildman–Crippen LogP) is 2.18. The zero-order valence-corrected chi connectivity index (χ0v) is 21.5. The summed E-state index contributed by atoms with van der Waals surface area (Å²) in [6, 6.07) is 7.96. The number of para-hydroxylation sites is 1. The van der Waals surface area contributed by atoms with Crippen molar-refractivity contribution in [3.63, 3.8) is 0 Å². The maximum absolute atomic E-state index is 15.4. The summed E-state index contributed by atoms with van der Waals surface area (Å²) in [6.45, 7) is 5.15. The average molecular weight is 541 g/mol. The summed E-state index contributed by atoms with van der Waals surface area (Å²) in [5.74, 6) is 0.344. The van der Waals surface area contributed by atoms with Gasteiger partial charge < -0.3 is 19.1 Å². The molecule has 0 unspecified atom stereocenters. The fraction of sp³-hybridized carbons (Fsp3) is 0.478. The number of H-pyrrole nitrogens is 1. The van der Waals surface area contributed by atoms with E-state index in [1.165, 1.54) is 19.1 Å². The van der Waals surface area contributed by atoms with Crippen molar-refractivity contribution in [3.05, 3.63) is 63.4 Å². The van der Waals surface area contributed by atoms with Gasteiger partial charge in [0.2, 0.25) is 0 Å². The number of aliphatic hydroxyl groups excluding tert-OH is 1. The van der Waals surface area contributed by atoms with E-state index >= 15 is 4.39 Å². The van der Waals surface area contributed by atoms with E-state index in [-0.39, 0.29) is 11.9 Å². The van der Waals surface area contributed by atoms with Crippen LogP contribution in [0.5, 0.6) is 5.75 Å². The Balaban J connectivity index is 1.81. The van der Waals surface area contributed by atoms with Crippen LogP contribution in [0, 0.1) is 0 Å². The molecule has 14 heteroatoms. The molecular weight excluding hydrogens is 512 g/mol. The van der Waals surface area contributed by atoms with Crippen LogP contribution in [0.4, 0.5) is 4.39 Å². The van der Waals surface area contributed by atoms with Crippen LogP contribution in [0.3, 0.4) is 0 Å².